The Morgan fingerprint density at radius 2 is 1.67 bits per heavy atom. The minimum absolute atomic E-state index is 0.547. The van der Waals surface area contributed by atoms with Gasteiger partial charge in [0.1, 0.15) is 5.75 Å². The number of hydrogen-bond donors (Lipinski definition) is 3. The molecule has 1 heterocycles. The van der Waals surface area contributed by atoms with Crippen molar-refractivity contribution in [3.63, 3.8) is 0 Å². The summed E-state index contributed by atoms with van der Waals surface area (Å²) in [5.74, 6) is 1.87. The second kappa shape index (κ2) is 10.7. The molecule has 0 fully saturated rings. The summed E-state index contributed by atoms with van der Waals surface area (Å²) in [7, 11) is -10.2. The van der Waals surface area contributed by atoms with Crippen LogP contribution in [0.25, 0.3) is 0 Å². The highest BCUT2D eigenvalue weighted by Gasteiger charge is 2.40. The van der Waals surface area contributed by atoms with E-state index in [0.717, 1.165) is 18.8 Å². The molecule has 0 amide bonds. The van der Waals surface area contributed by atoms with E-state index in [2.05, 4.69) is 20.8 Å². The Balaban J connectivity index is 2.50. The number of nitrogens with zero attached hydrogens (tertiary/aromatic N) is 1. The van der Waals surface area contributed by atoms with Gasteiger partial charge in [-0.15, -0.1) is 0 Å². The SMILES string of the molecule is CC(C)CCCC(C)CCOc1cc[n+](CC(P(=O)([O-])O)P(=O)(O)O)cc1. The number of rotatable bonds is 12. The Kier molecular flexibility index (Phi) is 9.63. The second-order valence-corrected chi connectivity index (χ2v) is 11.4. The maximum absolute atomic E-state index is 11.3. The topological polar surface area (TPSA) is 131 Å². The van der Waals surface area contributed by atoms with E-state index >= 15 is 0 Å². The molecule has 0 spiro atoms. The van der Waals surface area contributed by atoms with Gasteiger partial charge < -0.3 is 28.9 Å². The highest BCUT2D eigenvalue weighted by molar-refractivity contribution is 7.70. The molecule has 156 valence electrons. The van der Waals surface area contributed by atoms with Crippen molar-refractivity contribution in [2.24, 2.45) is 11.8 Å². The summed E-state index contributed by atoms with van der Waals surface area (Å²) in [6.07, 6.45) is 7.44. The van der Waals surface area contributed by atoms with Crippen molar-refractivity contribution < 1.29 is 38.0 Å². The van der Waals surface area contributed by atoms with E-state index in [0.29, 0.717) is 18.3 Å². The zero-order valence-corrected chi connectivity index (χ0v) is 17.9. The van der Waals surface area contributed by atoms with Crippen LogP contribution in [0, 0.1) is 11.8 Å². The van der Waals surface area contributed by atoms with E-state index in [1.165, 1.54) is 29.8 Å². The van der Waals surface area contributed by atoms with Crippen LogP contribution < -0.4 is 14.2 Å². The molecule has 3 unspecified atom stereocenters. The van der Waals surface area contributed by atoms with Crippen LogP contribution in [0.4, 0.5) is 0 Å². The van der Waals surface area contributed by atoms with E-state index in [4.69, 9.17) is 19.4 Å². The maximum Gasteiger partial charge on any atom is 0.343 e. The quantitative estimate of drug-likeness (QED) is 0.347. The molecule has 0 radical (unpaired) electrons. The van der Waals surface area contributed by atoms with Crippen LogP contribution in [0.2, 0.25) is 0 Å². The van der Waals surface area contributed by atoms with Crippen molar-refractivity contribution >= 4 is 15.2 Å². The first-order valence-corrected chi connectivity index (χ1v) is 12.4. The molecule has 0 saturated carbocycles. The van der Waals surface area contributed by atoms with Crippen LogP contribution in [0.5, 0.6) is 5.75 Å². The average molecular weight is 423 g/mol. The summed E-state index contributed by atoms with van der Waals surface area (Å²) in [5.41, 5.74) is 0. The average Bonchev–Trinajstić information content (AvgIpc) is 2.51. The molecule has 1 aromatic heterocycles. The van der Waals surface area contributed by atoms with Gasteiger partial charge in [-0.25, -0.2) is 4.57 Å². The Hall–Kier alpha value is -0.750. The first-order valence-electron chi connectivity index (χ1n) is 9.10. The second-order valence-electron chi connectivity index (χ2n) is 7.43. The first kappa shape index (κ1) is 24.3. The van der Waals surface area contributed by atoms with E-state index in [1.807, 2.05) is 0 Å². The lowest BCUT2D eigenvalue weighted by molar-refractivity contribution is -0.694. The Bertz CT molecular complexity index is 632. The Morgan fingerprint density at radius 1 is 1.07 bits per heavy atom. The van der Waals surface area contributed by atoms with Crippen molar-refractivity contribution in [2.75, 3.05) is 6.61 Å². The van der Waals surface area contributed by atoms with Gasteiger partial charge >= 0.3 is 7.60 Å². The van der Waals surface area contributed by atoms with Crippen LogP contribution >= 0.6 is 15.2 Å². The largest absolute Gasteiger partial charge is 0.778 e. The van der Waals surface area contributed by atoms with Gasteiger partial charge in [-0.2, -0.15) is 0 Å². The summed E-state index contributed by atoms with van der Waals surface area (Å²) < 4.78 is 29.5. The molecule has 3 atom stereocenters. The van der Waals surface area contributed by atoms with Gasteiger partial charge in [-0.3, -0.25) is 4.57 Å². The monoisotopic (exact) mass is 423 g/mol. The summed E-state index contributed by atoms with van der Waals surface area (Å²) >= 11 is 0. The van der Waals surface area contributed by atoms with Crippen molar-refractivity contribution in [1.29, 1.82) is 0 Å². The summed E-state index contributed by atoms with van der Waals surface area (Å²) in [4.78, 5) is 38.5. The van der Waals surface area contributed by atoms with Crippen LogP contribution in [0.1, 0.15) is 46.5 Å². The van der Waals surface area contributed by atoms with Gasteiger partial charge in [0.15, 0.2) is 31.9 Å². The van der Waals surface area contributed by atoms with Gasteiger partial charge in [0, 0.05) is 12.1 Å². The van der Waals surface area contributed by atoms with Crippen LogP contribution in [0.3, 0.4) is 0 Å². The lowest BCUT2D eigenvalue weighted by Gasteiger charge is -2.25. The van der Waals surface area contributed by atoms with Crippen LogP contribution in [0.15, 0.2) is 24.5 Å². The fraction of sp³-hybridized carbons (Fsp3) is 0.706. The summed E-state index contributed by atoms with van der Waals surface area (Å²) in [5, 5.41) is -2.17. The smallest absolute Gasteiger partial charge is 0.343 e. The minimum atomic E-state index is -5.18. The number of aromatic nitrogens is 1. The molecule has 1 rings (SSSR count). The van der Waals surface area contributed by atoms with Crippen LogP contribution in [-0.2, 0) is 15.7 Å². The standard InChI is InChI=1S/C17H31NO7P2/c1-14(2)5-4-6-15(3)9-12-25-16-7-10-18(11-8-16)13-17(26(19,20)21)27(22,23)24/h7-8,10-11,14-15,17H,4-6,9,12-13H2,1-3H3,(H3-,19,20,21,22,23,24). The molecule has 0 saturated heterocycles. The first-order chi connectivity index (χ1) is 12.4. The Morgan fingerprint density at radius 3 is 2.15 bits per heavy atom. The van der Waals surface area contributed by atoms with Gasteiger partial charge in [-0.05, 0) is 18.3 Å². The molecule has 8 nitrogen and oxygen atoms in total. The molecule has 1 aromatic rings. The molecule has 27 heavy (non-hydrogen) atoms. The van der Waals surface area contributed by atoms with Gasteiger partial charge in [0.2, 0.25) is 0 Å². The third-order valence-electron chi connectivity index (χ3n) is 4.36. The molecule has 0 aliphatic heterocycles. The van der Waals surface area contributed by atoms with E-state index in [9.17, 15) is 14.0 Å². The summed E-state index contributed by atoms with van der Waals surface area (Å²) in [6, 6.07) is 3.18. The van der Waals surface area contributed by atoms with E-state index in [1.54, 1.807) is 12.1 Å². The third-order valence-corrected chi connectivity index (χ3v) is 7.99. The van der Waals surface area contributed by atoms with Crippen molar-refractivity contribution in [3.05, 3.63) is 24.5 Å². The zero-order valence-electron chi connectivity index (χ0n) is 16.1. The molecule has 0 bridgehead atoms. The maximum atomic E-state index is 11.3. The third kappa shape index (κ3) is 9.84. The lowest BCUT2D eigenvalue weighted by Crippen LogP contribution is -2.40. The molecule has 0 aromatic carbocycles. The van der Waals surface area contributed by atoms with Crippen molar-refractivity contribution in [1.82, 2.24) is 0 Å². The molecule has 3 N–H and O–H groups in total. The predicted octanol–water partition coefficient (Wildman–Crippen LogP) is 2.25. The van der Waals surface area contributed by atoms with Crippen molar-refractivity contribution in [3.8, 4) is 5.75 Å². The van der Waals surface area contributed by atoms with Gasteiger partial charge in [-0.1, -0.05) is 40.0 Å². The predicted molar refractivity (Wildman–Crippen MR) is 100 cm³/mol. The molecule has 0 aliphatic rings. The lowest BCUT2D eigenvalue weighted by atomic mass is 9.98. The van der Waals surface area contributed by atoms with Gasteiger partial charge in [0.25, 0.3) is 0 Å². The Labute approximate surface area is 160 Å². The van der Waals surface area contributed by atoms with Crippen LogP contribution in [-0.4, -0.2) is 26.7 Å². The fourth-order valence-electron chi connectivity index (χ4n) is 2.65. The van der Waals surface area contributed by atoms with E-state index < -0.39 is 27.1 Å². The molecular weight excluding hydrogens is 392 g/mol. The zero-order chi connectivity index (χ0) is 20.7. The van der Waals surface area contributed by atoms with Gasteiger partial charge in [0.05, 0.1) is 6.61 Å². The minimum Gasteiger partial charge on any atom is -0.778 e. The normalized spacial score (nSPS) is 16.7. The summed E-state index contributed by atoms with van der Waals surface area (Å²) in [6.45, 7) is 6.64. The number of pyridine rings is 1. The van der Waals surface area contributed by atoms with Crippen molar-refractivity contribution in [2.45, 2.75) is 58.4 Å². The van der Waals surface area contributed by atoms with E-state index in [-0.39, 0.29) is 0 Å². The molecule has 10 heteroatoms. The fourth-order valence-corrected chi connectivity index (χ4v) is 4.96. The molecular formula is C17H31NO7P2. The number of hydrogen-bond acceptors (Lipinski definition) is 4. The number of ether oxygens (including phenoxy) is 1. The molecule has 0 aliphatic carbocycles. The highest BCUT2D eigenvalue weighted by atomic mass is 31.2. The highest BCUT2D eigenvalue weighted by Crippen LogP contribution is 2.57.